The van der Waals surface area contributed by atoms with Crippen molar-refractivity contribution in [2.45, 2.75) is 26.2 Å². The van der Waals surface area contributed by atoms with Crippen LogP contribution in [0, 0.1) is 5.92 Å². The first-order valence-corrected chi connectivity index (χ1v) is 7.58. The van der Waals surface area contributed by atoms with Gasteiger partial charge in [-0.3, -0.25) is 9.69 Å². The summed E-state index contributed by atoms with van der Waals surface area (Å²) in [6.07, 6.45) is 3.92. The fourth-order valence-electron chi connectivity index (χ4n) is 2.52. The van der Waals surface area contributed by atoms with E-state index in [0.29, 0.717) is 23.7 Å². The van der Waals surface area contributed by atoms with E-state index in [-0.39, 0.29) is 5.91 Å². The molecule has 2 rings (SSSR count). The predicted molar refractivity (Wildman–Crippen MR) is 85.5 cm³/mol. The Morgan fingerprint density at radius 2 is 2.24 bits per heavy atom. The summed E-state index contributed by atoms with van der Waals surface area (Å²) in [5.41, 5.74) is 7.07. The molecule has 1 fully saturated rings. The van der Waals surface area contributed by atoms with Crippen molar-refractivity contribution < 1.29 is 9.53 Å². The second-order valence-corrected chi connectivity index (χ2v) is 5.63. The molecule has 1 aromatic rings. The molecule has 0 radical (unpaired) electrons. The lowest BCUT2D eigenvalue weighted by Gasteiger charge is -2.31. The van der Waals surface area contributed by atoms with E-state index in [1.807, 2.05) is 0 Å². The van der Waals surface area contributed by atoms with E-state index in [1.54, 1.807) is 25.3 Å². The molecule has 0 saturated heterocycles. The second kappa shape index (κ2) is 7.31. The van der Waals surface area contributed by atoms with Gasteiger partial charge in [0.2, 0.25) is 5.91 Å². The molecule has 1 amide bonds. The number of rotatable bonds is 7. The summed E-state index contributed by atoms with van der Waals surface area (Å²) in [6, 6.07) is 5.27. The van der Waals surface area contributed by atoms with Crippen LogP contribution in [0.25, 0.3) is 0 Å². The SMILES string of the molecule is CCN(CC(=O)Nc1ccc(OC)cc1N)CC1CCC1. The first kappa shape index (κ1) is 15.6. The van der Waals surface area contributed by atoms with Crippen LogP contribution in [0.3, 0.4) is 0 Å². The van der Waals surface area contributed by atoms with E-state index >= 15 is 0 Å². The molecule has 1 aliphatic rings. The number of nitrogens with zero attached hydrogens (tertiary/aromatic N) is 1. The van der Waals surface area contributed by atoms with E-state index in [1.165, 1.54) is 19.3 Å². The van der Waals surface area contributed by atoms with Gasteiger partial charge in [-0.15, -0.1) is 0 Å². The maximum absolute atomic E-state index is 12.1. The molecular weight excluding hydrogens is 266 g/mol. The molecule has 0 spiro atoms. The minimum absolute atomic E-state index is 0.0203. The van der Waals surface area contributed by atoms with Gasteiger partial charge in [0.15, 0.2) is 0 Å². The fraction of sp³-hybridized carbons (Fsp3) is 0.562. The van der Waals surface area contributed by atoms with Gasteiger partial charge < -0.3 is 15.8 Å². The first-order valence-electron chi connectivity index (χ1n) is 7.58. The predicted octanol–water partition coefficient (Wildman–Crippen LogP) is 2.34. The van der Waals surface area contributed by atoms with E-state index < -0.39 is 0 Å². The van der Waals surface area contributed by atoms with Crippen LogP contribution in [0.5, 0.6) is 5.75 Å². The number of carbonyl (C=O) groups is 1. The Morgan fingerprint density at radius 1 is 1.48 bits per heavy atom. The van der Waals surface area contributed by atoms with Crippen LogP contribution in [0.15, 0.2) is 18.2 Å². The van der Waals surface area contributed by atoms with Gasteiger partial charge in [-0.1, -0.05) is 13.3 Å². The molecule has 1 aliphatic carbocycles. The average molecular weight is 291 g/mol. The molecule has 5 nitrogen and oxygen atoms in total. The number of anilines is 2. The first-order chi connectivity index (χ1) is 10.1. The summed E-state index contributed by atoms with van der Waals surface area (Å²) in [7, 11) is 1.59. The Kier molecular flexibility index (Phi) is 5.44. The van der Waals surface area contributed by atoms with Gasteiger partial charge in [0.25, 0.3) is 0 Å². The molecule has 0 unspecified atom stereocenters. The normalized spacial score (nSPS) is 14.8. The third-order valence-corrected chi connectivity index (χ3v) is 4.09. The number of methoxy groups -OCH3 is 1. The highest BCUT2D eigenvalue weighted by atomic mass is 16.5. The Morgan fingerprint density at radius 3 is 2.76 bits per heavy atom. The van der Waals surface area contributed by atoms with Crippen LogP contribution in [0.2, 0.25) is 0 Å². The quantitative estimate of drug-likeness (QED) is 0.757. The maximum Gasteiger partial charge on any atom is 0.238 e. The number of benzene rings is 1. The number of nitrogens with two attached hydrogens (primary N) is 1. The van der Waals surface area contributed by atoms with Gasteiger partial charge >= 0.3 is 0 Å². The van der Waals surface area contributed by atoms with E-state index in [4.69, 9.17) is 10.5 Å². The molecule has 1 aromatic carbocycles. The van der Waals surface area contributed by atoms with Crippen molar-refractivity contribution in [2.24, 2.45) is 5.92 Å². The highest BCUT2D eigenvalue weighted by Gasteiger charge is 2.21. The molecule has 0 aromatic heterocycles. The smallest absolute Gasteiger partial charge is 0.238 e. The highest BCUT2D eigenvalue weighted by molar-refractivity contribution is 5.95. The number of nitrogen functional groups attached to an aromatic ring is 1. The van der Waals surface area contributed by atoms with Gasteiger partial charge in [0.05, 0.1) is 25.0 Å². The molecule has 5 heteroatoms. The third-order valence-electron chi connectivity index (χ3n) is 4.09. The number of likely N-dealkylation sites (N-methyl/N-ethyl adjacent to an activating group) is 1. The fourth-order valence-corrected chi connectivity index (χ4v) is 2.52. The minimum atomic E-state index is -0.0203. The molecule has 116 valence electrons. The Hall–Kier alpha value is -1.75. The zero-order valence-electron chi connectivity index (χ0n) is 12.9. The second-order valence-electron chi connectivity index (χ2n) is 5.63. The lowest BCUT2D eigenvalue weighted by molar-refractivity contribution is -0.117. The Balaban J connectivity index is 1.87. The number of amides is 1. The van der Waals surface area contributed by atoms with Crippen LogP contribution in [0.1, 0.15) is 26.2 Å². The lowest BCUT2D eigenvalue weighted by atomic mass is 9.85. The lowest BCUT2D eigenvalue weighted by Crippen LogP contribution is -2.38. The minimum Gasteiger partial charge on any atom is -0.497 e. The monoisotopic (exact) mass is 291 g/mol. The van der Waals surface area contributed by atoms with Crippen molar-refractivity contribution in [1.29, 1.82) is 0 Å². The van der Waals surface area contributed by atoms with E-state index in [9.17, 15) is 4.79 Å². The van der Waals surface area contributed by atoms with Gasteiger partial charge in [-0.2, -0.15) is 0 Å². The Labute approximate surface area is 126 Å². The number of ether oxygens (including phenoxy) is 1. The van der Waals surface area contributed by atoms with Crippen LogP contribution in [0.4, 0.5) is 11.4 Å². The van der Waals surface area contributed by atoms with Crippen molar-refractivity contribution >= 4 is 17.3 Å². The molecule has 3 N–H and O–H groups in total. The number of hydrogen-bond acceptors (Lipinski definition) is 4. The van der Waals surface area contributed by atoms with Crippen LogP contribution in [-0.4, -0.2) is 37.6 Å². The molecule has 0 atom stereocenters. The van der Waals surface area contributed by atoms with Gasteiger partial charge in [-0.05, 0) is 37.4 Å². The number of nitrogens with one attached hydrogen (secondary N) is 1. The summed E-state index contributed by atoms with van der Waals surface area (Å²) in [6.45, 7) is 4.41. The maximum atomic E-state index is 12.1. The zero-order valence-corrected chi connectivity index (χ0v) is 12.9. The molecule has 0 heterocycles. The van der Waals surface area contributed by atoms with Crippen LogP contribution < -0.4 is 15.8 Å². The average Bonchev–Trinajstić information content (AvgIpc) is 2.43. The topological polar surface area (TPSA) is 67.6 Å². The number of carbonyl (C=O) groups excluding carboxylic acids is 1. The number of hydrogen-bond donors (Lipinski definition) is 2. The highest BCUT2D eigenvalue weighted by Crippen LogP contribution is 2.27. The molecule has 1 saturated carbocycles. The summed E-state index contributed by atoms with van der Waals surface area (Å²) >= 11 is 0. The van der Waals surface area contributed by atoms with Gasteiger partial charge in [0.1, 0.15) is 5.75 Å². The summed E-state index contributed by atoms with van der Waals surface area (Å²) in [4.78, 5) is 14.3. The van der Waals surface area contributed by atoms with E-state index in [0.717, 1.165) is 19.0 Å². The summed E-state index contributed by atoms with van der Waals surface area (Å²) < 4.78 is 5.10. The van der Waals surface area contributed by atoms with Crippen molar-refractivity contribution in [2.75, 3.05) is 37.8 Å². The summed E-state index contributed by atoms with van der Waals surface area (Å²) in [5.74, 6) is 1.43. The summed E-state index contributed by atoms with van der Waals surface area (Å²) in [5, 5.41) is 2.87. The third kappa shape index (κ3) is 4.36. The van der Waals surface area contributed by atoms with Crippen molar-refractivity contribution in [3.8, 4) is 5.75 Å². The van der Waals surface area contributed by atoms with E-state index in [2.05, 4.69) is 17.1 Å². The molecular formula is C16H25N3O2. The standard InChI is InChI=1S/C16H25N3O2/c1-3-19(10-12-5-4-6-12)11-16(20)18-15-8-7-13(21-2)9-14(15)17/h7-9,12H,3-6,10-11,17H2,1-2H3,(H,18,20). The van der Waals surface area contributed by atoms with Crippen LogP contribution in [-0.2, 0) is 4.79 Å². The van der Waals surface area contributed by atoms with Crippen molar-refractivity contribution in [3.05, 3.63) is 18.2 Å². The molecule has 21 heavy (non-hydrogen) atoms. The van der Waals surface area contributed by atoms with Crippen molar-refractivity contribution in [3.63, 3.8) is 0 Å². The Bertz CT molecular complexity index is 486. The van der Waals surface area contributed by atoms with Gasteiger partial charge in [-0.25, -0.2) is 0 Å². The van der Waals surface area contributed by atoms with Crippen LogP contribution >= 0.6 is 0 Å². The molecule has 0 aliphatic heterocycles. The zero-order chi connectivity index (χ0) is 15.2. The molecule has 0 bridgehead atoms. The van der Waals surface area contributed by atoms with Gasteiger partial charge in [0, 0.05) is 12.6 Å². The van der Waals surface area contributed by atoms with Crippen molar-refractivity contribution in [1.82, 2.24) is 4.90 Å². The largest absolute Gasteiger partial charge is 0.497 e.